The third-order valence-electron chi connectivity index (χ3n) is 2.77. The highest BCUT2D eigenvalue weighted by molar-refractivity contribution is 9.10. The van der Waals surface area contributed by atoms with Gasteiger partial charge in [0.2, 0.25) is 0 Å². The predicted molar refractivity (Wildman–Crippen MR) is 77.2 cm³/mol. The van der Waals surface area contributed by atoms with Gasteiger partial charge in [0.1, 0.15) is 0 Å². The van der Waals surface area contributed by atoms with Gasteiger partial charge >= 0.3 is 0 Å². The minimum Gasteiger partial charge on any atom is -0.383 e. The highest BCUT2D eigenvalue weighted by Gasteiger charge is 2.10. The fourth-order valence-corrected chi connectivity index (χ4v) is 3.28. The van der Waals surface area contributed by atoms with E-state index in [1.54, 1.807) is 18.4 Å². The number of rotatable bonds is 4. The Morgan fingerprint density at radius 2 is 2.18 bits per heavy atom. The van der Waals surface area contributed by atoms with Crippen LogP contribution >= 0.6 is 27.3 Å². The van der Waals surface area contributed by atoms with Gasteiger partial charge in [0.05, 0.1) is 16.8 Å². The molecule has 0 aliphatic rings. The van der Waals surface area contributed by atoms with Gasteiger partial charge in [0.25, 0.3) is 0 Å². The SMILES string of the molecule is COCCNc1nc2c(C)c(C)c(Br)cc2s1. The summed E-state index contributed by atoms with van der Waals surface area (Å²) in [4.78, 5) is 4.62. The second-order valence-corrected chi connectivity index (χ2v) is 5.78. The van der Waals surface area contributed by atoms with Gasteiger partial charge in [-0.1, -0.05) is 27.3 Å². The monoisotopic (exact) mass is 314 g/mol. The lowest BCUT2D eigenvalue weighted by molar-refractivity contribution is 0.211. The van der Waals surface area contributed by atoms with Crippen molar-refractivity contribution < 1.29 is 4.74 Å². The summed E-state index contributed by atoms with van der Waals surface area (Å²) in [5.41, 5.74) is 3.59. The fraction of sp³-hybridized carbons (Fsp3) is 0.417. The first kappa shape index (κ1) is 12.8. The average Bonchev–Trinajstić information content (AvgIpc) is 2.70. The number of nitrogens with zero attached hydrogens (tertiary/aromatic N) is 1. The van der Waals surface area contributed by atoms with E-state index in [0.29, 0.717) is 6.61 Å². The van der Waals surface area contributed by atoms with Crippen molar-refractivity contribution in [3.05, 3.63) is 21.7 Å². The number of thiazole rings is 1. The molecule has 2 aromatic rings. The standard InChI is InChI=1S/C12H15BrN2OS/c1-7-8(2)11-10(6-9(7)13)17-12(15-11)14-4-5-16-3/h6H,4-5H2,1-3H3,(H,14,15). The largest absolute Gasteiger partial charge is 0.383 e. The normalized spacial score (nSPS) is 11.1. The number of fused-ring (bicyclic) bond motifs is 1. The van der Waals surface area contributed by atoms with Crippen molar-refractivity contribution in [2.24, 2.45) is 0 Å². The Labute approximate surface area is 113 Å². The van der Waals surface area contributed by atoms with Gasteiger partial charge in [-0.25, -0.2) is 4.98 Å². The zero-order valence-electron chi connectivity index (χ0n) is 10.1. The van der Waals surface area contributed by atoms with E-state index in [9.17, 15) is 0 Å². The predicted octanol–water partition coefficient (Wildman–Crippen LogP) is 3.73. The summed E-state index contributed by atoms with van der Waals surface area (Å²) < 4.78 is 7.36. The quantitative estimate of drug-likeness (QED) is 0.873. The molecule has 1 N–H and O–H groups in total. The Bertz CT molecular complexity index is 539. The van der Waals surface area contributed by atoms with Gasteiger partial charge in [-0.15, -0.1) is 0 Å². The molecule has 3 nitrogen and oxygen atoms in total. The first-order valence-corrected chi connectivity index (χ1v) is 7.03. The molecule has 0 spiro atoms. The van der Waals surface area contributed by atoms with Crippen LogP contribution in [0.25, 0.3) is 10.2 Å². The number of nitrogens with one attached hydrogen (secondary N) is 1. The molecule has 0 radical (unpaired) electrons. The number of aryl methyl sites for hydroxylation is 1. The minimum atomic E-state index is 0.692. The summed E-state index contributed by atoms with van der Waals surface area (Å²) >= 11 is 5.26. The van der Waals surface area contributed by atoms with Gasteiger partial charge in [-0.05, 0) is 31.0 Å². The molecule has 0 atom stereocenters. The summed E-state index contributed by atoms with van der Waals surface area (Å²) in [6, 6.07) is 2.14. The first-order valence-electron chi connectivity index (χ1n) is 5.42. The van der Waals surface area contributed by atoms with Gasteiger partial charge in [-0.3, -0.25) is 0 Å². The molecule has 0 fully saturated rings. The van der Waals surface area contributed by atoms with Crippen LogP contribution in [-0.4, -0.2) is 25.2 Å². The van der Waals surface area contributed by atoms with Crippen molar-refractivity contribution in [2.75, 3.05) is 25.6 Å². The summed E-state index contributed by atoms with van der Waals surface area (Å²) in [5.74, 6) is 0. The highest BCUT2D eigenvalue weighted by atomic mass is 79.9. The Kier molecular flexibility index (Phi) is 4.01. The van der Waals surface area contributed by atoms with E-state index < -0.39 is 0 Å². The second kappa shape index (κ2) is 5.33. The van der Waals surface area contributed by atoms with E-state index in [1.807, 2.05) is 0 Å². The zero-order valence-corrected chi connectivity index (χ0v) is 12.5. The lowest BCUT2D eigenvalue weighted by atomic mass is 10.1. The van der Waals surface area contributed by atoms with Crippen LogP contribution in [-0.2, 0) is 4.74 Å². The van der Waals surface area contributed by atoms with Crippen LogP contribution in [0.3, 0.4) is 0 Å². The Morgan fingerprint density at radius 3 is 2.88 bits per heavy atom. The van der Waals surface area contributed by atoms with Crippen LogP contribution in [0.1, 0.15) is 11.1 Å². The van der Waals surface area contributed by atoms with Crippen molar-refractivity contribution in [2.45, 2.75) is 13.8 Å². The minimum absolute atomic E-state index is 0.692. The maximum atomic E-state index is 5.01. The highest BCUT2D eigenvalue weighted by Crippen LogP contribution is 2.33. The number of methoxy groups -OCH3 is 1. The number of benzene rings is 1. The molecule has 0 aliphatic carbocycles. The molecule has 0 unspecified atom stereocenters. The lowest BCUT2D eigenvalue weighted by Gasteiger charge is -2.02. The summed E-state index contributed by atoms with van der Waals surface area (Å²) in [6.45, 7) is 5.70. The molecule has 0 aliphatic heterocycles. The fourth-order valence-electron chi connectivity index (χ4n) is 1.61. The molecule has 0 amide bonds. The van der Waals surface area contributed by atoms with E-state index >= 15 is 0 Å². The molecule has 0 saturated carbocycles. The van der Waals surface area contributed by atoms with Crippen molar-refractivity contribution in [3.8, 4) is 0 Å². The van der Waals surface area contributed by atoms with Gasteiger partial charge in [0, 0.05) is 18.1 Å². The number of hydrogen-bond acceptors (Lipinski definition) is 4. The number of anilines is 1. The molecule has 0 saturated heterocycles. The second-order valence-electron chi connectivity index (χ2n) is 3.89. The van der Waals surface area contributed by atoms with Gasteiger partial charge in [-0.2, -0.15) is 0 Å². The van der Waals surface area contributed by atoms with Crippen LogP contribution in [0, 0.1) is 13.8 Å². The maximum Gasteiger partial charge on any atom is 0.183 e. The Balaban J connectivity index is 2.34. The molecular formula is C12H15BrN2OS. The molecule has 0 bridgehead atoms. The van der Waals surface area contributed by atoms with Gasteiger partial charge in [0.15, 0.2) is 5.13 Å². The van der Waals surface area contributed by atoms with Crippen molar-refractivity contribution in [1.82, 2.24) is 4.98 Å². The number of hydrogen-bond donors (Lipinski definition) is 1. The van der Waals surface area contributed by atoms with E-state index in [1.165, 1.54) is 15.8 Å². The molecule has 2 rings (SSSR count). The molecular weight excluding hydrogens is 300 g/mol. The van der Waals surface area contributed by atoms with Crippen LogP contribution in [0.5, 0.6) is 0 Å². The number of ether oxygens (including phenoxy) is 1. The van der Waals surface area contributed by atoms with Crippen molar-refractivity contribution in [3.63, 3.8) is 0 Å². The molecule has 17 heavy (non-hydrogen) atoms. The third-order valence-corrected chi connectivity index (χ3v) is 4.55. The van der Waals surface area contributed by atoms with Crippen LogP contribution in [0.4, 0.5) is 5.13 Å². The average molecular weight is 315 g/mol. The maximum absolute atomic E-state index is 5.01. The van der Waals surface area contributed by atoms with Gasteiger partial charge < -0.3 is 10.1 Å². The van der Waals surface area contributed by atoms with Crippen LogP contribution in [0.2, 0.25) is 0 Å². The van der Waals surface area contributed by atoms with Crippen LogP contribution < -0.4 is 5.32 Å². The third kappa shape index (κ3) is 2.61. The molecule has 1 aromatic carbocycles. The summed E-state index contributed by atoms with van der Waals surface area (Å²) in [5, 5.41) is 4.22. The van der Waals surface area contributed by atoms with E-state index in [4.69, 9.17) is 4.74 Å². The molecule has 5 heteroatoms. The lowest BCUT2D eigenvalue weighted by Crippen LogP contribution is -2.06. The molecule has 1 aromatic heterocycles. The smallest absolute Gasteiger partial charge is 0.183 e. The summed E-state index contributed by atoms with van der Waals surface area (Å²) in [6.07, 6.45) is 0. The van der Waals surface area contributed by atoms with Crippen LogP contribution in [0.15, 0.2) is 10.5 Å². The zero-order chi connectivity index (χ0) is 12.4. The molecule has 92 valence electrons. The summed E-state index contributed by atoms with van der Waals surface area (Å²) in [7, 11) is 1.70. The van der Waals surface area contributed by atoms with E-state index in [2.05, 4.69) is 46.1 Å². The topological polar surface area (TPSA) is 34.1 Å². The Morgan fingerprint density at radius 1 is 1.41 bits per heavy atom. The van der Waals surface area contributed by atoms with Crippen molar-refractivity contribution >= 4 is 42.6 Å². The number of halogens is 1. The molecule has 1 heterocycles. The van der Waals surface area contributed by atoms with E-state index in [0.717, 1.165) is 21.7 Å². The Hall–Kier alpha value is -0.650. The number of aromatic nitrogens is 1. The first-order chi connectivity index (χ1) is 8.13. The van der Waals surface area contributed by atoms with E-state index in [-0.39, 0.29) is 0 Å². The van der Waals surface area contributed by atoms with Crippen molar-refractivity contribution in [1.29, 1.82) is 0 Å².